The average Bonchev–Trinajstić information content (AvgIpc) is 2.66. The number of hydrogen-bond acceptors (Lipinski definition) is 5. The average molecular weight is 383 g/mol. The Morgan fingerprint density at radius 2 is 1.93 bits per heavy atom. The molecule has 0 bridgehead atoms. The molecule has 0 saturated carbocycles. The third-order valence-corrected chi connectivity index (χ3v) is 6.22. The summed E-state index contributed by atoms with van der Waals surface area (Å²) in [4.78, 5) is 16.4. The van der Waals surface area contributed by atoms with E-state index in [2.05, 4.69) is 4.98 Å². The van der Waals surface area contributed by atoms with Crippen LogP contribution in [0.5, 0.6) is 0 Å². The number of hydrogen-bond donors (Lipinski definition) is 0. The highest BCUT2D eigenvalue weighted by Crippen LogP contribution is 2.34. The molecule has 2 aromatic carbocycles. The van der Waals surface area contributed by atoms with E-state index >= 15 is 0 Å². The predicted octanol–water partition coefficient (Wildman–Crippen LogP) is 4.18. The summed E-state index contributed by atoms with van der Waals surface area (Å²) in [6.07, 6.45) is 3.43. The fraction of sp³-hybridized carbons (Fsp3) is 0.238. The molecule has 3 aromatic rings. The van der Waals surface area contributed by atoms with Gasteiger partial charge in [0.1, 0.15) is 0 Å². The summed E-state index contributed by atoms with van der Waals surface area (Å²) in [6, 6.07) is 14.5. The smallest absolute Gasteiger partial charge is 0.337 e. The Labute approximate surface area is 158 Å². The lowest BCUT2D eigenvalue weighted by molar-refractivity contribution is 0.0601. The molecule has 0 fully saturated rings. The second-order valence-electron chi connectivity index (χ2n) is 6.44. The van der Waals surface area contributed by atoms with Crippen LogP contribution in [-0.4, -0.2) is 32.7 Å². The van der Waals surface area contributed by atoms with Gasteiger partial charge in [-0.1, -0.05) is 25.1 Å². The van der Waals surface area contributed by atoms with E-state index in [0.29, 0.717) is 12.0 Å². The summed E-state index contributed by atoms with van der Waals surface area (Å²) in [5.74, 6) is -0.423. The molecule has 6 heteroatoms. The minimum atomic E-state index is -3.26. The van der Waals surface area contributed by atoms with Crippen molar-refractivity contribution in [3.63, 3.8) is 0 Å². The number of esters is 1. The Hall–Kier alpha value is -2.73. The minimum Gasteiger partial charge on any atom is -0.465 e. The van der Waals surface area contributed by atoms with Crippen molar-refractivity contribution in [2.75, 3.05) is 13.4 Å². The van der Waals surface area contributed by atoms with Crippen LogP contribution in [-0.2, 0) is 14.6 Å². The Morgan fingerprint density at radius 3 is 2.59 bits per heavy atom. The van der Waals surface area contributed by atoms with Gasteiger partial charge in [-0.3, -0.25) is 4.98 Å². The van der Waals surface area contributed by atoms with E-state index in [9.17, 15) is 13.2 Å². The van der Waals surface area contributed by atoms with E-state index in [1.54, 1.807) is 24.4 Å². The standard InChI is InChI=1S/C21H21NO4S/c1-4-19(27(3,24)25)17-12-15-9-6-10-22-20(15)18(13-17)14-7-5-8-16(11-14)21(23)26-2/h5-13,19H,4H2,1-3H3. The first-order valence-corrected chi connectivity index (χ1v) is 10.6. The molecule has 5 nitrogen and oxygen atoms in total. The molecule has 0 amide bonds. The van der Waals surface area contributed by atoms with Crippen molar-refractivity contribution in [3.8, 4) is 11.1 Å². The molecule has 0 aliphatic heterocycles. The van der Waals surface area contributed by atoms with Crippen LogP contribution in [0, 0.1) is 0 Å². The number of ether oxygens (including phenoxy) is 1. The number of benzene rings is 2. The number of carbonyl (C=O) groups is 1. The van der Waals surface area contributed by atoms with E-state index in [0.717, 1.165) is 27.6 Å². The second kappa shape index (κ2) is 7.48. The number of pyridine rings is 1. The Morgan fingerprint density at radius 1 is 1.15 bits per heavy atom. The summed E-state index contributed by atoms with van der Waals surface area (Å²) in [7, 11) is -1.92. The quantitative estimate of drug-likeness (QED) is 0.618. The molecule has 1 atom stereocenters. The SMILES string of the molecule is CCC(c1cc(-c2cccc(C(=O)OC)c2)c2ncccc2c1)S(C)(=O)=O. The Balaban J connectivity index is 2.28. The lowest BCUT2D eigenvalue weighted by atomic mass is 9.96. The molecule has 0 aliphatic rings. The molecule has 27 heavy (non-hydrogen) atoms. The number of aromatic nitrogens is 1. The zero-order chi connectivity index (χ0) is 19.6. The fourth-order valence-electron chi connectivity index (χ4n) is 3.34. The predicted molar refractivity (Wildman–Crippen MR) is 106 cm³/mol. The van der Waals surface area contributed by atoms with Gasteiger partial charge in [0.25, 0.3) is 0 Å². The molecule has 3 rings (SSSR count). The summed E-state index contributed by atoms with van der Waals surface area (Å²) in [5, 5.41) is 0.264. The van der Waals surface area contributed by atoms with Crippen LogP contribution in [0.1, 0.15) is 34.5 Å². The zero-order valence-corrected chi connectivity index (χ0v) is 16.3. The van der Waals surface area contributed by atoms with E-state index in [4.69, 9.17) is 4.74 Å². The van der Waals surface area contributed by atoms with Crippen molar-refractivity contribution in [2.45, 2.75) is 18.6 Å². The van der Waals surface area contributed by atoms with E-state index < -0.39 is 21.1 Å². The van der Waals surface area contributed by atoms with Gasteiger partial charge in [-0.05, 0) is 47.9 Å². The van der Waals surface area contributed by atoms with Crippen LogP contribution in [0.2, 0.25) is 0 Å². The molecule has 0 radical (unpaired) electrons. The lowest BCUT2D eigenvalue weighted by Crippen LogP contribution is -2.11. The summed E-state index contributed by atoms with van der Waals surface area (Å²) in [6.45, 7) is 1.86. The number of methoxy groups -OCH3 is 1. The highest BCUT2D eigenvalue weighted by Gasteiger charge is 2.22. The van der Waals surface area contributed by atoms with Gasteiger partial charge in [0.05, 0.1) is 23.4 Å². The zero-order valence-electron chi connectivity index (χ0n) is 15.5. The van der Waals surface area contributed by atoms with E-state index in [-0.39, 0.29) is 0 Å². The summed E-state index contributed by atoms with van der Waals surface area (Å²) in [5.41, 5.74) is 3.48. The normalized spacial score (nSPS) is 12.7. The molecule has 1 aromatic heterocycles. The molecule has 0 aliphatic carbocycles. The van der Waals surface area contributed by atoms with Crippen molar-refractivity contribution in [2.24, 2.45) is 0 Å². The summed E-state index contributed by atoms with van der Waals surface area (Å²) >= 11 is 0. The topological polar surface area (TPSA) is 73.3 Å². The first-order chi connectivity index (χ1) is 12.8. The Kier molecular flexibility index (Phi) is 5.28. The highest BCUT2D eigenvalue weighted by atomic mass is 32.2. The van der Waals surface area contributed by atoms with Crippen LogP contribution < -0.4 is 0 Å². The first kappa shape index (κ1) is 19.0. The molecular formula is C21H21NO4S. The molecule has 1 heterocycles. The number of sulfone groups is 1. The molecule has 0 saturated heterocycles. The van der Waals surface area contributed by atoms with Gasteiger partial charge in [0.15, 0.2) is 9.84 Å². The number of carbonyl (C=O) groups excluding carboxylic acids is 1. The number of fused-ring (bicyclic) bond motifs is 1. The van der Waals surface area contributed by atoms with E-state index in [1.807, 2.05) is 37.3 Å². The maximum Gasteiger partial charge on any atom is 0.337 e. The fourth-order valence-corrected chi connectivity index (χ4v) is 4.57. The Bertz CT molecular complexity index is 1110. The number of nitrogens with zero attached hydrogens (tertiary/aromatic N) is 1. The van der Waals surface area contributed by atoms with Gasteiger partial charge in [-0.25, -0.2) is 13.2 Å². The van der Waals surface area contributed by atoms with Crippen LogP contribution in [0.25, 0.3) is 22.0 Å². The molecule has 0 spiro atoms. The second-order valence-corrected chi connectivity index (χ2v) is 8.67. The lowest BCUT2D eigenvalue weighted by Gasteiger charge is -2.17. The van der Waals surface area contributed by atoms with Gasteiger partial charge in [0.2, 0.25) is 0 Å². The molecule has 1 unspecified atom stereocenters. The summed E-state index contributed by atoms with van der Waals surface area (Å²) < 4.78 is 29.3. The molecular weight excluding hydrogens is 362 g/mol. The van der Waals surface area contributed by atoms with Crippen LogP contribution in [0.4, 0.5) is 0 Å². The minimum absolute atomic E-state index is 0.423. The third-order valence-electron chi connectivity index (χ3n) is 4.58. The van der Waals surface area contributed by atoms with Crippen molar-refractivity contribution in [1.29, 1.82) is 0 Å². The van der Waals surface area contributed by atoms with Gasteiger partial charge >= 0.3 is 5.97 Å². The third kappa shape index (κ3) is 3.85. The molecule has 0 N–H and O–H groups in total. The molecule has 140 valence electrons. The van der Waals surface area contributed by atoms with Gasteiger partial charge in [-0.2, -0.15) is 0 Å². The number of rotatable bonds is 5. The van der Waals surface area contributed by atoms with E-state index in [1.165, 1.54) is 13.4 Å². The van der Waals surface area contributed by atoms with Crippen molar-refractivity contribution in [1.82, 2.24) is 4.98 Å². The first-order valence-electron chi connectivity index (χ1n) is 8.61. The van der Waals surface area contributed by atoms with Crippen LogP contribution in [0.3, 0.4) is 0 Å². The van der Waals surface area contributed by atoms with Crippen molar-refractivity contribution in [3.05, 3.63) is 65.9 Å². The maximum atomic E-state index is 12.3. The van der Waals surface area contributed by atoms with Gasteiger partial charge in [-0.15, -0.1) is 0 Å². The monoisotopic (exact) mass is 383 g/mol. The van der Waals surface area contributed by atoms with Crippen LogP contribution in [0.15, 0.2) is 54.7 Å². The maximum absolute atomic E-state index is 12.3. The largest absolute Gasteiger partial charge is 0.465 e. The van der Waals surface area contributed by atoms with Gasteiger partial charge in [0, 0.05) is 23.4 Å². The van der Waals surface area contributed by atoms with Crippen LogP contribution >= 0.6 is 0 Å². The van der Waals surface area contributed by atoms with Crippen molar-refractivity contribution >= 4 is 26.7 Å². The highest BCUT2D eigenvalue weighted by molar-refractivity contribution is 7.90. The van der Waals surface area contributed by atoms with Crippen molar-refractivity contribution < 1.29 is 17.9 Å². The van der Waals surface area contributed by atoms with Gasteiger partial charge < -0.3 is 4.74 Å².